The van der Waals surface area contributed by atoms with Crippen molar-refractivity contribution in [3.8, 4) is 11.1 Å². The molecule has 2 rings (SSSR count). The standard InChI is InChI=1S/C14H11IO/c1-10-2-4-12(5-3-10)13-6-11(9-16)7-14(15)8-13/h2-9H,1H3. The predicted octanol–water partition coefficient (Wildman–Crippen LogP) is 4.08. The van der Waals surface area contributed by atoms with Gasteiger partial charge in [0.15, 0.2) is 0 Å². The number of aryl methyl sites for hydroxylation is 1. The lowest BCUT2D eigenvalue weighted by atomic mass is 10.0. The Kier molecular flexibility index (Phi) is 3.39. The number of hydrogen-bond donors (Lipinski definition) is 0. The average molecular weight is 322 g/mol. The molecule has 0 spiro atoms. The molecule has 0 amide bonds. The zero-order chi connectivity index (χ0) is 11.5. The molecule has 0 aliphatic heterocycles. The fourth-order valence-electron chi connectivity index (χ4n) is 1.59. The fraction of sp³-hybridized carbons (Fsp3) is 0.0714. The summed E-state index contributed by atoms with van der Waals surface area (Å²) < 4.78 is 1.08. The maximum Gasteiger partial charge on any atom is 0.150 e. The molecule has 0 N–H and O–H groups in total. The third kappa shape index (κ3) is 2.50. The minimum atomic E-state index is 0.725. The Labute approximate surface area is 109 Å². The molecular weight excluding hydrogens is 311 g/mol. The molecule has 2 heteroatoms. The summed E-state index contributed by atoms with van der Waals surface area (Å²) in [4.78, 5) is 10.8. The molecule has 2 aromatic rings. The van der Waals surface area contributed by atoms with Gasteiger partial charge in [-0.1, -0.05) is 29.8 Å². The van der Waals surface area contributed by atoms with Crippen LogP contribution >= 0.6 is 22.6 Å². The molecule has 0 radical (unpaired) electrons. The van der Waals surface area contributed by atoms with Gasteiger partial charge in [-0.25, -0.2) is 0 Å². The number of aldehydes is 1. The highest BCUT2D eigenvalue weighted by Crippen LogP contribution is 2.23. The Morgan fingerprint density at radius 3 is 2.31 bits per heavy atom. The van der Waals surface area contributed by atoms with Crippen LogP contribution in [0.5, 0.6) is 0 Å². The van der Waals surface area contributed by atoms with Crippen molar-refractivity contribution in [1.29, 1.82) is 0 Å². The van der Waals surface area contributed by atoms with Crippen molar-refractivity contribution in [3.63, 3.8) is 0 Å². The SMILES string of the molecule is Cc1ccc(-c2cc(I)cc(C=O)c2)cc1. The minimum Gasteiger partial charge on any atom is -0.298 e. The molecule has 0 bridgehead atoms. The normalized spacial score (nSPS) is 10.1. The molecule has 0 aliphatic rings. The van der Waals surface area contributed by atoms with Crippen LogP contribution in [0.1, 0.15) is 15.9 Å². The summed E-state index contributed by atoms with van der Waals surface area (Å²) in [6.45, 7) is 2.06. The summed E-state index contributed by atoms with van der Waals surface area (Å²) >= 11 is 2.23. The fourth-order valence-corrected chi connectivity index (χ4v) is 2.29. The lowest BCUT2D eigenvalue weighted by Crippen LogP contribution is -1.85. The van der Waals surface area contributed by atoms with Crippen molar-refractivity contribution in [2.24, 2.45) is 0 Å². The van der Waals surface area contributed by atoms with Crippen molar-refractivity contribution < 1.29 is 4.79 Å². The summed E-state index contributed by atoms with van der Waals surface area (Å²) in [5.41, 5.74) is 4.20. The van der Waals surface area contributed by atoms with Crippen LogP contribution in [-0.2, 0) is 0 Å². The largest absolute Gasteiger partial charge is 0.298 e. The van der Waals surface area contributed by atoms with Crippen molar-refractivity contribution in [2.45, 2.75) is 6.92 Å². The second-order valence-corrected chi connectivity index (χ2v) is 5.00. The van der Waals surface area contributed by atoms with Crippen LogP contribution in [0.3, 0.4) is 0 Å². The molecular formula is C14H11IO. The molecule has 80 valence electrons. The smallest absolute Gasteiger partial charge is 0.150 e. The zero-order valence-corrected chi connectivity index (χ0v) is 11.1. The van der Waals surface area contributed by atoms with Crippen molar-refractivity contribution >= 4 is 28.9 Å². The quantitative estimate of drug-likeness (QED) is 0.601. The van der Waals surface area contributed by atoms with Gasteiger partial charge in [-0.2, -0.15) is 0 Å². The van der Waals surface area contributed by atoms with Crippen LogP contribution in [0.4, 0.5) is 0 Å². The van der Waals surface area contributed by atoms with Gasteiger partial charge in [0.2, 0.25) is 0 Å². The van der Waals surface area contributed by atoms with E-state index in [0.29, 0.717) is 0 Å². The Morgan fingerprint density at radius 1 is 1.00 bits per heavy atom. The van der Waals surface area contributed by atoms with E-state index in [2.05, 4.69) is 59.8 Å². The molecule has 0 fully saturated rings. The number of carbonyl (C=O) groups is 1. The van der Waals surface area contributed by atoms with E-state index in [4.69, 9.17) is 0 Å². The summed E-state index contributed by atoms with van der Waals surface area (Å²) in [5.74, 6) is 0. The molecule has 0 saturated carbocycles. The highest BCUT2D eigenvalue weighted by atomic mass is 127. The zero-order valence-electron chi connectivity index (χ0n) is 8.91. The van der Waals surface area contributed by atoms with E-state index >= 15 is 0 Å². The lowest BCUT2D eigenvalue weighted by molar-refractivity contribution is 0.112. The Hall–Kier alpha value is -1.16. The van der Waals surface area contributed by atoms with E-state index in [1.54, 1.807) is 0 Å². The monoisotopic (exact) mass is 322 g/mol. The van der Waals surface area contributed by atoms with E-state index in [0.717, 1.165) is 26.5 Å². The van der Waals surface area contributed by atoms with Crippen LogP contribution < -0.4 is 0 Å². The first-order valence-electron chi connectivity index (χ1n) is 5.02. The highest BCUT2D eigenvalue weighted by Gasteiger charge is 2.01. The molecule has 0 unspecified atom stereocenters. The van der Waals surface area contributed by atoms with Crippen LogP contribution in [0.15, 0.2) is 42.5 Å². The van der Waals surface area contributed by atoms with Crippen molar-refractivity contribution in [2.75, 3.05) is 0 Å². The average Bonchev–Trinajstić information content (AvgIpc) is 2.29. The molecule has 0 atom stereocenters. The number of carbonyl (C=O) groups excluding carboxylic acids is 1. The van der Waals surface area contributed by atoms with E-state index in [1.807, 2.05) is 12.1 Å². The summed E-state index contributed by atoms with van der Waals surface area (Å²) in [6, 6.07) is 14.2. The summed E-state index contributed by atoms with van der Waals surface area (Å²) in [5, 5.41) is 0. The van der Waals surface area contributed by atoms with Gasteiger partial charge in [0.25, 0.3) is 0 Å². The van der Waals surface area contributed by atoms with Gasteiger partial charge in [-0.3, -0.25) is 4.79 Å². The van der Waals surface area contributed by atoms with Gasteiger partial charge < -0.3 is 0 Å². The van der Waals surface area contributed by atoms with Gasteiger partial charge >= 0.3 is 0 Å². The van der Waals surface area contributed by atoms with Gasteiger partial charge in [0, 0.05) is 9.13 Å². The van der Waals surface area contributed by atoms with E-state index in [9.17, 15) is 4.79 Å². The molecule has 0 saturated heterocycles. The topological polar surface area (TPSA) is 17.1 Å². The molecule has 0 aromatic heterocycles. The summed E-state index contributed by atoms with van der Waals surface area (Å²) in [6.07, 6.45) is 0.889. The van der Waals surface area contributed by atoms with Crippen LogP contribution in [0.25, 0.3) is 11.1 Å². The third-order valence-electron chi connectivity index (χ3n) is 2.44. The molecule has 16 heavy (non-hydrogen) atoms. The number of rotatable bonds is 2. The minimum absolute atomic E-state index is 0.725. The second-order valence-electron chi connectivity index (χ2n) is 3.76. The Balaban J connectivity index is 2.51. The maximum absolute atomic E-state index is 10.8. The van der Waals surface area contributed by atoms with Crippen LogP contribution in [-0.4, -0.2) is 6.29 Å². The molecule has 1 nitrogen and oxygen atoms in total. The lowest BCUT2D eigenvalue weighted by Gasteiger charge is -2.04. The molecule has 0 heterocycles. The van der Waals surface area contributed by atoms with Crippen LogP contribution in [0.2, 0.25) is 0 Å². The highest BCUT2D eigenvalue weighted by molar-refractivity contribution is 14.1. The third-order valence-corrected chi connectivity index (χ3v) is 3.06. The first-order chi connectivity index (χ1) is 7.69. The van der Waals surface area contributed by atoms with E-state index < -0.39 is 0 Å². The van der Waals surface area contributed by atoms with Crippen molar-refractivity contribution in [1.82, 2.24) is 0 Å². The number of halogens is 1. The molecule has 0 aliphatic carbocycles. The van der Waals surface area contributed by atoms with Gasteiger partial charge in [0.1, 0.15) is 6.29 Å². The Morgan fingerprint density at radius 2 is 1.69 bits per heavy atom. The maximum atomic E-state index is 10.8. The van der Waals surface area contributed by atoms with Gasteiger partial charge in [0.05, 0.1) is 0 Å². The van der Waals surface area contributed by atoms with E-state index in [1.165, 1.54) is 5.56 Å². The number of benzene rings is 2. The van der Waals surface area contributed by atoms with Crippen LogP contribution in [0, 0.1) is 10.5 Å². The second kappa shape index (κ2) is 4.78. The van der Waals surface area contributed by atoms with Crippen molar-refractivity contribution in [3.05, 3.63) is 57.2 Å². The molecule has 2 aromatic carbocycles. The first-order valence-corrected chi connectivity index (χ1v) is 6.10. The predicted molar refractivity (Wildman–Crippen MR) is 74.7 cm³/mol. The Bertz CT molecular complexity index is 515. The summed E-state index contributed by atoms with van der Waals surface area (Å²) in [7, 11) is 0. The van der Waals surface area contributed by atoms with Gasteiger partial charge in [-0.15, -0.1) is 0 Å². The first kappa shape index (κ1) is 11.3. The number of hydrogen-bond acceptors (Lipinski definition) is 1. The van der Waals surface area contributed by atoms with Gasteiger partial charge in [-0.05, 0) is 58.8 Å². The van der Waals surface area contributed by atoms with E-state index in [-0.39, 0.29) is 0 Å².